The van der Waals surface area contributed by atoms with Gasteiger partial charge in [-0.05, 0) is 30.9 Å². The average Bonchev–Trinajstić information content (AvgIpc) is 2.32. The summed E-state index contributed by atoms with van der Waals surface area (Å²) in [5.74, 6) is 0.723. The number of hydrogen-bond donors (Lipinski definition) is 1. The minimum Gasteiger partial charge on any atom is -0.330 e. The van der Waals surface area contributed by atoms with E-state index in [-0.39, 0.29) is 0 Å². The van der Waals surface area contributed by atoms with Crippen molar-refractivity contribution in [3.63, 3.8) is 0 Å². The molecule has 1 heteroatoms. The second kappa shape index (κ2) is 10.7. The van der Waals surface area contributed by atoms with Gasteiger partial charge in [-0.15, -0.1) is 0 Å². The van der Waals surface area contributed by atoms with E-state index in [1.54, 1.807) is 0 Å². The van der Waals surface area contributed by atoms with Crippen LogP contribution in [0, 0.1) is 0 Å². The molecule has 1 rings (SSSR count). The Kier molecular flexibility index (Phi) is 10.1. The predicted octanol–water partition coefficient (Wildman–Crippen LogP) is 4.34. The number of rotatable bonds is 5. The summed E-state index contributed by atoms with van der Waals surface area (Å²) in [5.41, 5.74) is 6.61. The van der Waals surface area contributed by atoms with Gasteiger partial charge in [0.25, 0.3) is 0 Å². The fourth-order valence-corrected chi connectivity index (χ4v) is 1.59. The van der Waals surface area contributed by atoms with Crippen molar-refractivity contribution in [2.45, 2.75) is 52.4 Å². The predicted molar refractivity (Wildman–Crippen MR) is 73.7 cm³/mol. The summed E-state index contributed by atoms with van der Waals surface area (Å²) in [6.07, 6.45) is 4.95. The molecule has 0 radical (unpaired) electrons. The zero-order chi connectivity index (χ0) is 12.2. The summed E-state index contributed by atoms with van der Waals surface area (Å²) in [6.45, 7) is 7.50. The Morgan fingerprint density at radius 1 is 1.06 bits per heavy atom. The summed E-state index contributed by atoms with van der Waals surface area (Å²) in [5, 5.41) is 0. The Morgan fingerprint density at radius 2 is 1.69 bits per heavy atom. The topological polar surface area (TPSA) is 26.0 Å². The first-order chi connectivity index (χ1) is 7.76. The highest BCUT2D eigenvalue weighted by atomic mass is 14.5. The maximum atomic E-state index is 5.14. The average molecular weight is 221 g/mol. The lowest BCUT2D eigenvalue weighted by atomic mass is 9.97. The van der Waals surface area contributed by atoms with Gasteiger partial charge in [-0.2, -0.15) is 0 Å². The van der Waals surface area contributed by atoms with Crippen LogP contribution in [0.25, 0.3) is 0 Å². The van der Waals surface area contributed by atoms with Crippen LogP contribution < -0.4 is 5.73 Å². The second-order valence-corrected chi connectivity index (χ2v) is 4.24. The maximum absolute atomic E-state index is 5.14. The Hall–Kier alpha value is -0.820. The molecule has 0 saturated carbocycles. The van der Waals surface area contributed by atoms with Crippen molar-refractivity contribution in [2.75, 3.05) is 6.54 Å². The minimum atomic E-state index is 0.723. The first-order valence-electron chi connectivity index (χ1n) is 6.51. The summed E-state index contributed by atoms with van der Waals surface area (Å²) in [4.78, 5) is 0. The van der Waals surface area contributed by atoms with Crippen molar-refractivity contribution in [3.8, 4) is 0 Å². The van der Waals surface area contributed by atoms with Crippen molar-refractivity contribution in [1.82, 2.24) is 0 Å². The molecule has 0 aliphatic rings. The molecule has 92 valence electrons. The summed E-state index contributed by atoms with van der Waals surface area (Å²) < 4.78 is 0. The molecule has 1 aromatic rings. The fourth-order valence-electron chi connectivity index (χ4n) is 1.59. The summed E-state index contributed by atoms with van der Waals surface area (Å²) in [6, 6.07) is 10.7. The lowest BCUT2D eigenvalue weighted by Gasteiger charge is -2.08. The molecular weight excluding hydrogens is 194 g/mol. The SMILES string of the molecule is CCCC(C)c1ccccc1.CCCCN. The van der Waals surface area contributed by atoms with Crippen LogP contribution in [0.15, 0.2) is 30.3 Å². The summed E-state index contributed by atoms with van der Waals surface area (Å²) in [7, 11) is 0. The third kappa shape index (κ3) is 7.47. The van der Waals surface area contributed by atoms with Gasteiger partial charge in [0.2, 0.25) is 0 Å². The second-order valence-electron chi connectivity index (χ2n) is 4.24. The van der Waals surface area contributed by atoms with Gasteiger partial charge in [-0.3, -0.25) is 0 Å². The molecule has 2 N–H and O–H groups in total. The van der Waals surface area contributed by atoms with Gasteiger partial charge in [0.05, 0.1) is 0 Å². The van der Waals surface area contributed by atoms with E-state index < -0.39 is 0 Å². The molecule has 1 nitrogen and oxygen atoms in total. The first-order valence-corrected chi connectivity index (χ1v) is 6.51. The van der Waals surface area contributed by atoms with Crippen LogP contribution in [0.2, 0.25) is 0 Å². The third-order valence-corrected chi connectivity index (χ3v) is 2.65. The molecule has 1 atom stereocenters. The van der Waals surface area contributed by atoms with Crippen LogP contribution >= 0.6 is 0 Å². The lowest BCUT2D eigenvalue weighted by Crippen LogP contribution is -1.95. The molecule has 0 amide bonds. The number of unbranched alkanes of at least 4 members (excludes halogenated alkanes) is 1. The van der Waals surface area contributed by atoms with Crippen LogP contribution in [0.5, 0.6) is 0 Å². The Balaban J connectivity index is 0.000000385. The van der Waals surface area contributed by atoms with Gasteiger partial charge in [0.15, 0.2) is 0 Å². The molecule has 0 aromatic heterocycles. The van der Waals surface area contributed by atoms with Gasteiger partial charge < -0.3 is 5.73 Å². The van der Waals surface area contributed by atoms with Gasteiger partial charge in [0.1, 0.15) is 0 Å². The van der Waals surface area contributed by atoms with E-state index in [1.165, 1.54) is 31.2 Å². The van der Waals surface area contributed by atoms with Crippen molar-refractivity contribution < 1.29 is 0 Å². The smallest absolute Gasteiger partial charge is 0.00774 e. The molecule has 1 aromatic carbocycles. The largest absolute Gasteiger partial charge is 0.330 e. The lowest BCUT2D eigenvalue weighted by molar-refractivity contribution is 0.665. The molecule has 0 aliphatic heterocycles. The van der Waals surface area contributed by atoms with E-state index in [4.69, 9.17) is 5.73 Å². The number of benzene rings is 1. The maximum Gasteiger partial charge on any atom is -0.00774 e. The van der Waals surface area contributed by atoms with Gasteiger partial charge in [0, 0.05) is 0 Å². The Morgan fingerprint density at radius 3 is 2.06 bits per heavy atom. The quantitative estimate of drug-likeness (QED) is 0.786. The summed E-state index contributed by atoms with van der Waals surface area (Å²) >= 11 is 0. The molecule has 0 aliphatic carbocycles. The zero-order valence-electron chi connectivity index (χ0n) is 11.1. The van der Waals surface area contributed by atoms with Crippen molar-refractivity contribution >= 4 is 0 Å². The Labute approximate surface area is 101 Å². The van der Waals surface area contributed by atoms with E-state index in [0.717, 1.165) is 12.5 Å². The normalized spacial score (nSPS) is 11.5. The highest BCUT2D eigenvalue weighted by Crippen LogP contribution is 2.19. The van der Waals surface area contributed by atoms with Crippen molar-refractivity contribution in [2.24, 2.45) is 5.73 Å². The molecule has 16 heavy (non-hydrogen) atoms. The van der Waals surface area contributed by atoms with E-state index in [0.29, 0.717) is 0 Å². The van der Waals surface area contributed by atoms with Crippen molar-refractivity contribution in [1.29, 1.82) is 0 Å². The van der Waals surface area contributed by atoms with E-state index in [2.05, 4.69) is 51.1 Å². The molecule has 0 spiro atoms. The third-order valence-electron chi connectivity index (χ3n) is 2.65. The van der Waals surface area contributed by atoms with Crippen LogP contribution in [0.1, 0.15) is 57.9 Å². The van der Waals surface area contributed by atoms with Crippen LogP contribution in [0.3, 0.4) is 0 Å². The van der Waals surface area contributed by atoms with Crippen LogP contribution in [0.4, 0.5) is 0 Å². The van der Waals surface area contributed by atoms with E-state index in [1.807, 2.05) is 0 Å². The minimum absolute atomic E-state index is 0.723. The molecule has 0 saturated heterocycles. The Bertz CT molecular complexity index is 228. The first kappa shape index (κ1) is 15.2. The fraction of sp³-hybridized carbons (Fsp3) is 0.600. The highest BCUT2D eigenvalue weighted by molar-refractivity contribution is 5.18. The molecule has 0 fully saturated rings. The standard InChI is InChI=1S/C11H16.C4H11N/c1-3-7-10(2)11-8-5-4-6-9-11;1-2-3-4-5/h4-6,8-10H,3,7H2,1-2H3;2-5H2,1H3. The number of hydrogen-bond acceptors (Lipinski definition) is 1. The highest BCUT2D eigenvalue weighted by Gasteiger charge is 2.01. The van der Waals surface area contributed by atoms with Gasteiger partial charge in [-0.25, -0.2) is 0 Å². The van der Waals surface area contributed by atoms with E-state index in [9.17, 15) is 0 Å². The van der Waals surface area contributed by atoms with Crippen LogP contribution in [-0.4, -0.2) is 6.54 Å². The molecule has 0 heterocycles. The molecule has 0 bridgehead atoms. The van der Waals surface area contributed by atoms with Gasteiger partial charge >= 0.3 is 0 Å². The van der Waals surface area contributed by atoms with E-state index >= 15 is 0 Å². The van der Waals surface area contributed by atoms with Crippen molar-refractivity contribution in [3.05, 3.63) is 35.9 Å². The molecular formula is C15H27N. The number of nitrogens with two attached hydrogens (primary N) is 1. The van der Waals surface area contributed by atoms with Gasteiger partial charge in [-0.1, -0.05) is 63.9 Å². The van der Waals surface area contributed by atoms with Crippen LogP contribution in [-0.2, 0) is 0 Å². The monoisotopic (exact) mass is 221 g/mol. The zero-order valence-corrected chi connectivity index (χ0v) is 11.1. The molecule has 1 unspecified atom stereocenters.